The largest absolute Gasteiger partial charge is 0.573 e. The van der Waals surface area contributed by atoms with Crippen LogP contribution in [0.5, 0.6) is 5.75 Å². The molecule has 0 spiro atoms. The predicted octanol–water partition coefficient (Wildman–Crippen LogP) is 2.90. The lowest BCUT2D eigenvalue weighted by Crippen LogP contribution is -2.30. The molecule has 2 N–H and O–H groups in total. The number of Topliss-reactive ketones (excluding diaryl/α,β-unsaturated/α-hetero) is 1. The van der Waals surface area contributed by atoms with Crippen molar-refractivity contribution in [3.8, 4) is 5.75 Å². The van der Waals surface area contributed by atoms with Crippen LogP contribution in [-0.4, -0.2) is 18.2 Å². The van der Waals surface area contributed by atoms with E-state index in [-0.39, 0.29) is 29.1 Å². The van der Waals surface area contributed by atoms with E-state index in [1.54, 1.807) is 0 Å². The first kappa shape index (κ1) is 13.9. The van der Waals surface area contributed by atoms with E-state index in [1.165, 1.54) is 18.2 Å². The maximum absolute atomic E-state index is 12.2. The number of hydrogen-bond donors (Lipinski definition) is 1. The van der Waals surface area contributed by atoms with Crippen molar-refractivity contribution in [3.05, 3.63) is 29.8 Å². The van der Waals surface area contributed by atoms with Gasteiger partial charge in [-0.2, -0.15) is 0 Å². The molecule has 1 saturated carbocycles. The Bertz CT molecular complexity index is 473. The first-order chi connectivity index (χ1) is 8.87. The highest BCUT2D eigenvalue weighted by molar-refractivity contribution is 5.98. The lowest BCUT2D eigenvalue weighted by atomic mass is 9.93. The van der Waals surface area contributed by atoms with Crippen LogP contribution in [0.3, 0.4) is 0 Å². The Morgan fingerprint density at radius 3 is 2.63 bits per heavy atom. The molecule has 2 atom stereocenters. The Kier molecular flexibility index (Phi) is 3.80. The summed E-state index contributed by atoms with van der Waals surface area (Å²) >= 11 is 0. The maximum Gasteiger partial charge on any atom is 0.573 e. The Morgan fingerprint density at radius 2 is 2.05 bits per heavy atom. The van der Waals surface area contributed by atoms with Crippen LogP contribution in [0.1, 0.15) is 29.6 Å². The summed E-state index contributed by atoms with van der Waals surface area (Å²) in [6.45, 7) is 0. The molecule has 3 nitrogen and oxygen atoms in total. The monoisotopic (exact) mass is 273 g/mol. The molecule has 1 aliphatic carbocycles. The van der Waals surface area contributed by atoms with Gasteiger partial charge in [0.1, 0.15) is 5.75 Å². The Morgan fingerprint density at radius 1 is 1.32 bits per heavy atom. The summed E-state index contributed by atoms with van der Waals surface area (Å²) in [6.07, 6.45) is -2.43. The molecule has 2 unspecified atom stereocenters. The molecule has 104 valence electrons. The smallest absolute Gasteiger partial charge is 0.406 e. The number of hydrogen-bond acceptors (Lipinski definition) is 3. The van der Waals surface area contributed by atoms with Gasteiger partial charge in [-0.25, -0.2) is 0 Å². The normalized spacial score (nSPS) is 23.4. The SMILES string of the molecule is NC1CCCC1C(=O)c1cccc(OC(F)(F)F)c1. The quantitative estimate of drug-likeness (QED) is 0.861. The average Bonchev–Trinajstić information content (AvgIpc) is 2.72. The zero-order valence-corrected chi connectivity index (χ0v) is 10.1. The minimum absolute atomic E-state index is 0.209. The standard InChI is InChI=1S/C13H14F3NO2/c14-13(15,16)19-9-4-1-3-8(7-9)12(18)10-5-2-6-11(10)17/h1,3-4,7,10-11H,2,5-6,17H2. The number of alkyl halides is 3. The highest BCUT2D eigenvalue weighted by atomic mass is 19.4. The topological polar surface area (TPSA) is 52.3 Å². The molecular weight excluding hydrogens is 259 g/mol. The predicted molar refractivity (Wildman–Crippen MR) is 62.8 cm³/mol. The molecule has 0 heterocycles. The molecule has 2 rings (SSSR count). The second-order valence-electron chi connectivity index (χ2n) is 4.64. The van der Waals surface area contributed by atoms with Crippen molar-refractivity contribution in [3.63, 3.8) is 0 Å². The van der Waals surface area contributed by atoms with E-state index in [1.807, 2.05) is 0 Å². The van der Waals surface area contributed by atoms with E-state index >= 15 is 0 Å². The van der Waals surface area contributed by atoms with Crippen LogP contribution in [0.4, 0.5) is 13.2 Å². The van der Waals surface area contributed by atoms with Gasteiger partial charge in [0.2, 0.25) is 0 Å². The number of ether oxygens (including phenoxy) is 1. The minimum atomic E-state index is -4.76. The van der Waals surface area contributed by atoms with Gasteiger partial charge in [-0.3, -0.25) is 4.79 Å². The van der Waals surface area contributed by atoms with Gasteiger partial charge in [-0.15, -0.1) is 13.2 Å². The molecule has 1 aromatic rings. The fourth-order valence-corrected chi connectivity index (χ4v) is 2.37. The summed E-state index contributed by atoms with van der Waals surface area (Å²) in [5, 5.41) is 0. The van der Waals surface area contributed by atoms with Crippen molar-refractivity contribution in [2.24, 2.45) is 11.7 Å². The average molecular weight is 273 g/mol. The van der Waals surface area contributed by atoms with Crippen LogP contribution in [0.2, 0.25) is 0 Å². The second kappa shape index (κ2) is 5.21. The lowest BCUT2D eigenvalue weighted by molar-refractivity contribution is -0.274. The van der Waals surface area contributed by atoms with Crippen LogP contribution in [0.15, 0.2) is 24.3 Å². The molecule has 6 heteroatoms. The number of ketones is 1. The zero-order valence-electron chi connectivity index (χ0n) is 10.1. The highest BCUT2D eigenvalue weighted by Crippen LogP contribution is 2.29. The van der Waals surface area contributed by atoms with Gasteiger partial charge in [0.25, 0.3) is 0 Å². The van der Waals surface area contributed by atoms with Crippen molar-refractivity contribution in [1.29, 1.82) is 0 Å². The van der Waals surface area contributed by atoms with Gasteiger partial charge >= 0.3 is 6.36 Å². The molecule has 0 saturated heterocycles. The number of carbonyl (C=O) groups is 1. The fraction of sp³-hybridized carbons (Fsp3) is 0.462. The van der Waals surface area contributed by atoms with Crippen molar-refractivity contribution in [1.82, 2.24) is 0 Å². The molecule has 0 aliphatic heterocycles. The van der Waals surface area contributed by atoms with Crippen molar-refractivity contribution in [2.45, 2.75) is 31.7 Å². The third-order valence-corrected chi connectivity index (χ3v) is 3.26. The summed E-state index contributed by atoms with van der Waals surface area (Å²) in [5.41, 5.74) is 6.04. The molecular formula is C13H14F3NO2. The number of rotatable bonds is 3. The third kappa shape index (κ3) is 3.47. The van der Waals surface area contributed by atoms with Crippen LogP contribution in [0.25, 0.3) is 0 Å². The first-order valence-corrected chi connectivity index (χ1v) is 6.02. The summed E-state index contributed by atoms with van der Waals surface area (Å²) in [4.78, 5) is 12.2. The summed E-state index contributed by atoms with van der Waals surface area (Å²) in [5.74, 6) is -0.899. The molecule has 0 bridgehead atoms. The van der Waals surface area contributed by atoms with Crippen LogP contribution >= 0.6 is 0 Å². The van der Waals surface area contributed by atoms with E-state index in [2.05, 4.69) is 4.74 Å². The van der Waals surface area contributed by atoms with Crippen molar-refractivity contribution >= 4 is 5.78 Å². The molecule has 0 radical (unpaired) electrons. The van der Waals surface area contributed by atoms with Gasteiger partial charge in [-0.05, 0) is 25.0 Å². The molecule has 1 fully saturated rings. The van der Waals surface area contributed by atoms with Crippen molar-refractivity contribution < 1.29 is 22.7 Å². The number of benzene rings is 1. The molecule has 0 aromatic heterocycles. The first-order valence-electron chi connectivity index (χ1n) is 6.02. The van der Waals surface area contributed by atoms with Gasteiger partial charge in [0, 0.05) is 17.5 Å². The molecule has 1 aromatic carbocycles. The van der Waals surface area contributed by atoms with Crippen molar-refractivity contribution in [2.75, 3.05) is 0 Å². The van der Waals surface area contributed by atoms with E-state index in [4.69, 9.17) is 5.73 Å². The number of carbonyl (C=O) groups excluding carboxylic acids is 1. The van der Waals surface area contributed by atoms with E-state index in [0.29, 0.717) is 6.42 Å². The minimum Gasteiger partial charge on any atom is -0.406 e. The Hall–Kier alpha value is -1.56. The maximum atomic E-state index is 12.2. The van der Waals surface area contributed by atoms with Gasteiger partial charge < -0.3 is 10.5 Å². The van der Waals surface area contributed by atoms with Crippen LogP contribution in [-0.2, 0) is 0 Å². The van der Waals surface area contributed by atoms with Crippen LogP contribution in [0, 0.1) is 5.92 Å². The van der Waals surface area contributed by atoms with Gasteiger partial charge in [0.05, 0.1) is 0 Å². The Balaban J connectivity index is 2.16. The summed E-state index contributed by atoms with van der Waals surface area (Å²) < 4.78 is 40.1. The third-order valence-electron chi connectivity index (χ3n) is 3.26. The van der Waals surface area contributed by atoms with Gasteiger partial charge in [-0.1, -0.05) is 18.6 Å². The summed E-state index contributed by atoms with van der Waals surface area (Å²) in [6, 6.07) is 4.92. The second-order valence-corrected chi connectivity index (χ2v) is 4.64. The highest BCUT2D eigenvalue weighted by Gasteiger charge is 2.33. The molecule has 1 aliphatic rings. The number of nitrogens with two attached hydrogens (primary N) is 1. The molecule has 19 heavy (non-hydrogen) atoms. The fourth-order valence-electron chi connectivity index (χ4n) is 2.37. The lowest BCUT2D eigenvalue weighted by Gasteiger charge is -2.15. The van der Waals surface area contributed by atoms with E-state index < -0.39 is 6.36 Å². The Labute approximate surface area is 108 Å². The van der Waals surface area contributed by atoms with Gasteiger partial charge in [0.15, 0.2) is 5.78 Å². The van der Waals surface area contributed by atoms with Crippen LogP contribution < -0.4 is 10.5 Å². The van der Waals surface area contributed by atoms with E-state index in [9.17, 15) is 18.0 Å². The summed E-state index contributed by atoms with van der Waals surface area (Å²) in [7, 11) is 0. The van der Waals surface area contributed by atoms with E-state index in [0.717, 1.165) is 18.9 Å². The molecule has 0 amide bonds. The zero-order chi connectivity index (χ0) is 14.0. The number of halogens is 3.